The molecule has 0 radical (unpaired) electrons. The van der Waals surface area contributed by atoms with E-state index in [-0.39, 0.29) is 42.2 Å². The maximum absolute atomic E-state index is 12.6. The second-order valence-electron chi connectivity index (χ2n) is 8.76. The zero-order chi connectivity index (χ0) is 20.5. The Morgan fingerprint density at radius 3 is 2.38 bits per heavy atom. The van der Waals surface area contributed by atoms with Gasteiger partial charge in [0.05, 0.1) is 12.2 Å². The molecule has 2 aliphatic rings. The van der Waals surface area contributed by atoms with Gasteiger partial charge in [-0.2, -0.15) is 0 Å². The SMILES string of the molecule is CN=C(NCc1nc(C)c(C)s1)NC1CC2CCC(C1)N2C(=O)OC(C)(C)C.I. The molecule has 9 heteroatoms. The van der Waals surface area contributed by atoms with Gasteiger partial charge >= 0.3 is 6.09 Å². The number of hydrogen-bond acceptors (Lipinski definition) is 5. The van der Waals surface area contributed by atoms with Crippen LogP contribution < -0.4 is 10.6 Å². The number of nitrogens with zero attached hydrogens (tertiary/aromatic N) is 3. The van der Waals surface area contributed by atoms with Gasteiger partial charge in [0.1, 0.15) is 10.6 Å². The van der Waals surface area contributed by atoms with Crippen molar-refractivity contribution >= 4 is 47.4 Å². The molecule has 1 amide bonds. The van der Waals surface area contributed by atoms with Gasteiger partial charge in [-0.25, -0.2) is 9.78 Å². The Labute approximate surface area is 195 Å². The predicted molar refractivity (Wildman–Crippen MR) is 128 cm³/mol. The molecular formula is C20H34IN5O2S. The first-order valence-electron chi connectivity index (χ1n) is 10.1. The lowest BCUT2D eigenvalue weighted by Crippen LogP contribution is -2.54. The summed E-state index contributed by atoms with van der Waals surface area (Å²) in [5.74, 6) is 0.792. The monoisotopic (exact) mass is 535 g/mol. The summed E-state index contributed by atoms with van der Waals surface area (Å²) < 4.78 is 5.62. The van der Waals surface area contributed by atoms with Gasteiger partial charge in [0.25, 0.3) is 0 Å². The normalized spacial score (nSPS) is 24.1. The van der Waals surface area contributed by atoms with E-state index in [0.717, 1.165) is 42.3 Å². The molecule has 0 saturated carbocycles. The molecule has 2 N–H and O–H groups in total. The number of aromatic nitrogens is 1. The Morgan fingerprint density at radius 2 is 1.90 bits per heavy atom. The molecular weight excluding hydrogens is 501 g/mol. The van der Waals surface area contributed by atoms with Crippen LogP contribution in [0.5, 0.6) is 0 Å². The first-order chi connectivity index (χ1) is 13.2. The molecule has 29 heavy (non-hydrogen) atoms. The van der Waals surface area contributed by atoms with Gasteiger partial charge in [-0.15, -0.1) is 35.3 Å². The molecule has 2 aliphatic heterocycles. The minimum atomic E-state index is -0.454. The van der Waals surface area contributed by atoms with Gasteiger partial charge < -0.3 is 20.3 Å². The van der Waals surface area contributed by atoms with E-state index in [1.807, 2.05) is 32.6 Å². The summed E-state index contributed by atoms with van der Waals surface area (Å²) in [5, 5.41) is 7.98. The fourth-order valence-corrected chi connectivity index (χ4v) is 4.94. The molecule has 2 saturated heterocycles. The van der Waals surface area contributed by atoms with Crippen LogP contribution in [0.3, 0.4) is 0 Å². The molecule has 2 atom stereocenters. The van der Waals surface area contributed by atoms with Crippen LogP contribution in [0.15, 0.2) is 4.99 Å². The number of amides is 1. The number of aryl methyl sites for hydroxylation is 2. The average Bonchev–Trinajstić information content (AvgIpc) is 3.06. The summed E-state index contributed by atoms with van der Waals surface area (Å²) >= 11 is 1.72. The molecule has 0 spiro atoms. The van der Waals surface area contributed by atoms with E-state index in [4.69, 9.17) is 4.74 Å². The molecule has 7 nitrogen and oxygen atoms in total. The quantitative estimate of drug-likeness (QED) is 0.348. The molecule has 2 bridgehead atoms. The Hall–Kier alpha value is -1.10. The summed E-state index contributed by atoms with van der Waals surface area (Å²) in [6.45, 7) is 10.6. The largest absolute Gasteiger partial charge is 0.444 e. The third-order valence-corrected chi connectivity index (χ3v) is 6.45. The van der Waals surface area contributed by atoms with Gasteiger partial charge in [-0.3, -0.25) is 4.99 Å². The van der Waals surface area contributed by atoms with Crippen LogP contribution in [0, 0.1) is 13.8 Å². The molecule has 3 rings (SSSR count). The van der Waals surface area contributed by atoms with E-state index < -0.39 is 5.60 Å². The summed E-state index contributed by atoms with van der Waals surface area (Å²) in [5.41, 5.74) is 0.639. The van der Waals surface area contributed by atoms with Crippen molar-refractivity contribution in [1.82, 2.24) is 20.5 Å². The molecule has 0 aromatic carbocycles. The fourth-order valence-electron chi connectivity index (χ4n) is 4.07. The number of carbonyl (C=O) groups is 1. The van der Waals surface area contributed by atoms with Crippen LogP contribution in [-0.4, -0.2) is 52.7 Å². The number of nitrogens with one attached hydrogen (secondary N) is 2. The Kier molecular flexibility index (Phi) is 8.17. The summed E-state index contributed by atoms with van der Waals surface area (Å²) in [6, 6.07) is 0.795. The molecule has 1 aromatic rings. The van der Waals surface area contributed by atoms with Crippen molar-refractivity contribution in [3.63, 3.8) is 0 Å². The summed E-state index contributed by atoms with van der Waals surface area (Å²) in [6.07, 6.45) is 3.77. The van der Waals surface area contributed by atoms with Gasteiger partial charge in [0.15, 0.2) is 5.96 Å². The van der Waals surface area contributed by atoms with Crippen molar-refractivity contribution in [3.05, 3.63) is 15.6 Å². The standard InChI is InChI=1S/C20H33N5O2S.HI/c1-12-13(2)28-17(23-12)11-22-18(21-6)24-14-9-15-7-8-16(10-14)25(15)19(26)27-20(3,4)5;/h14-16H,7-11H2,1-6H3,(H2,21,22,24);1H. The maximum atomic E-state index is 12.6. The summed E-state index contributed by atoms with van der Waals surface area (Å²) in [4.78, 5) is 24.8. The first-order valence-corrected chi connectivity index (χ1v) is 10.9. The topological polar surface area (TPSA) is 78.9 Å². The van der Waals surface area contributed by atoms with Crippen molar-refractivity contribution in [2.45, 2.75) is 90.6 Å². The van der Waals surface area contributed by atoms with Gasteiger partial charge in [-0.05, 0) is 60.3 Å². The number of ether oxygens (including phenoxy) is 1. The van der Waals surface area contributed by atoms with E-state index in [1.54, 1.807) is 18.4 Å². The number of rotatable bonds is 3. The number of halogens is 1. The third kappa shape index (κ3) is 6.19. The highest BCUT2D eigenvalue weighted by Crippen LogP contribution is 2.36. The van der Waals surface area contributed by atoms with E-state index in [0.29, 0.717) is 12.6 Å². The van der Waals surface area contributed by atoms with Crippen molar-refractivity contribution in [1.29, 1.82) is 0 Å². The summed E-state index contributed by atoms with van der Waals surface area (Å²) in [7, 11) is 1.79. The van der Waals surface area contributed by atoms with Crippen molar-refractivity contribution in [3.8, 4) is 0 Å². The lowest BCUT2D eigenvalue weighted by molar-refractivity contribution is 0.00545. The van der Waals surface area contributed by atoms with Crippen LogP contribution >= 0.6 is 35.3 Å². The highest BCUT2D eigenvalue weighted by Gasteiger charge is 2.45. The molecule has 2 fully saturated rings. The van der Waals surface area contributed by atoms with Gasteiger partial charge in [0.2, 0.25) is 0 Å². The highest BCUT2D eigenvalue weighted by molar-refractivity contribution is 14.0. The van der Waals surface area contributed by atoms with Crippen molar-refractivity contribution < 1.29 is 9.53 Å². The minimum Gasteiger partial charge on any atom is -0.444 e. The van der Waals surface area contributed by atoms with Crippen LogP contribution in [-0.2, 0) is 11.3 Å². The van der Waals surface area contributed by atoms with Crippen LogP contribution in [0.1, 0.15) is 62.0 Å². The van der Waals surface area contributed by atoms with E-state index in [1.165, 1.54) is 4.88 Å². The Morgan fingerprint density at radius 1 is 1.28 bits per heavy atom. The van der Waals surface area contributed by atoms with E-state index in [9.17, 15) is 4.79 Å². The Bertz CT molecular complexity index is 712. The average molecular weight is 535 g/mol. The van der Waals surface area contributed by atoms with E-state index in [2.05, 4.69) is 27.5 Å². The van der Waals surface area contributed by atoms with Crippen molar-refractivity contribution in [2.75, 3.05) is 7.05 Å². The maximum Gasteiger partial charge on any atom is 0.410 e. The fraction of sp³-hybridized carbons (Fsp3) is 0.750. The second-order valence-corrected chi connectivity index (χ2v) is 10.0. The lowest BCUT2D eigenvalue weighted by Gasteiger charge is -2.40. The smallest absolute Gasteiger partial charge is 0.410 e. The molecule has 1 aromatic heterocycles. The van der Waals surface area contributed by atoms with Crippen molar-refractivity contribution in [2.24, 2.45) is 4.99 Å². The minimum absolute atomic E-state index is 0. The van der Waals surface area contributed by atoms with Gasteiger partial charge in [-0.1, -0.05) is 0 Å². The zero-order valence-corrected chi connectivity index (χ0v) is 21.4. The molecule has 164 valence electrons. The predicted octanol–water partition coefficient (Wildman–Crippen LogP) is 3.97. The number of piperidine rings is 1. The number of guanidine groups is 1. The number of carbonyl (C=O) groups excluding carboxylic acids is 1. The molecule has 2 unspecified atom stereocenters. The van der Waals surface area contributed by atoms with E-state index >= 15 is 0 Å². The molecule has 3 heterocycles. The lowest BCUT2D eigenvalue weighted by atomic mass is 9.98. The highest BCUT2D eigenvalue weighted by atomic mass is 127. The third-order valence-electron chi connectivity index (χ3n) is 5.38. The van der Waals surface area contributed by atoms with Gasteiger partial charge in [0, 0.05) is 30.1 Å². The zero-order valence-electron chi connectivity index (χ0n) is 18.2. The number of aliphatic imine (C=N–C) groups is 1. The number of fused-ring (bicyclic) bond motifs is 2. The first kappa shape index (κ1) is 24.2. The Balaban J connectivity index is 0.00000300. The number of hydrogen-bond donors (Lipinski definition) is 2. The van der Waals surface area contributed by atoms with Crippen LogP contribution in [0.2, 0.25) is 0 Å². The van der Waals surface area contributed by atoms with Crippen LogP contribution in [0.4, 0.5) is 4.79 Å². The van der Waals surface area contributed by atoms with Crippen LogP contribution in [0.25, 0.3) is 0 Å². The number of thiazole rings is 1. The second kappa shape index (κ2) is 9.80. The molecule has 0 aliphatic carbocycles.